The SMILES string of the molecule is CCOc1cc(C(Nc2cc3ccnc(N(OC(C)(C)C)C(=O)OC(C)(C)C)c3cc2C)C(=O)OCc2ccccc2)ccc1OC(C)C. The van der Waals surface area contributed by atoms with Crippen LogP contribution in [0.1, 0.15) is 85.0 Å². The molecule has 3 aromatic carbocycles. The van der Waals surface area contributed by atoms with E-state index in [9.17, 15) is 9.59 Å². The van der Waals surface area contributed by atoms with E-state index in [1.54, 1.807) is 27.0 Å². The second kappa shape index (κ2) is 15.6. The molecule has 0 aliphatic rings. The van der Waals surface area contributed by atoms with Gasteiger partial charge in [-0.2, -0.15) is 0 Å². The highest BCUT2D eigenvalue weighted by Crippen LogP contribution is 2.36. The van der Waals surface area contributed by atoms with Gasteiger partial charge in [0.05, 0.1) is 18.3 Å². The lowest BCUT2D eigenvalue weighted by Gasteiger charge is -2.31. The molecule has 0 radical (unpaired) electrons. The largest absolute Gasteiger partial charge is 0.490 e. The highest BCUT2D eigenvalue weighted by atomic mass is 16.7. The molecule has 1 unspecified atom stereocenters. The van der Waals surface area contributed by atoms with Crippen LogP contribution < -0.4 is 19.9 Å². The molecule has 1 amide bonds. The zero-order valence-corrected chi connectivity index (χ0v) is 30.2. The molecular formula is C39H49N3O7. The highest BCUT2D eigenvalue weighted by Gasteiger charge is 2.31. The van der Waals surface area contributed by atoms with Gasteiger partial charge in [-0.3, -0.25) is 4.84 Å². The monoisotopic (exact) mass is 671 g/mol. The number of amides is 1. The van der Waals surface area contributed by atoms with E-state index in [4.69, 9.17) is 23.8 Å². The normalized spacial score (nSPS) is 12.4. The number of carbonyl (C=O) groups excluding carboxylic acids is 2. The Kier molecular flexibility index (Phi) is 11.8. The minimum atomic E-state index is -0.893. The van der Waals surface area contributed by atoms with E-state index in [0.717, 1.165) is 21.6 Å². The number of esters is 1. The van der Waals surface area contributed by atoms with Crippen LogP contribution in [0, 0.1) is 6.92 Å². The molecule has 10 heteroatoms. The van der Waals surface area contributed by atoms with Gasteiger partial charge < -0.3 is 24.3 Å². The minimum Gasteiger partial charge on any atom is -0.490 e. The predicted octanol–water partition coefficient (Wildman–Crippen LogP) is 9.10. The zero-order chi connectivity index (χ0) is 35.9. The van der Waals surface area contributed by atoms with E-state index in [1.807, 2.05) is 115 Å². The maximum Gasteiger partial charge on any atom is 0.440 e. The summed E-state index contributed by atoms with van der Waals surface area (Å²) in [5.41, 5.74) is 1.53. The molecule has 0 spiro atoms. The van der Waals surface area contributed by atoms with Gasteiger partial charge in [0.25, 0.3) is 0 Å². The minimum absolute atomic E-state index is 0.0607. The first-order chi connectivity index (χ1) is 23.0. The summed E-state index contributed by atoms with van der Waals surface area (Å²) in [5.74, 6) is 0.944. The van der Waals surface area contributed by atoms with Gasteiger partial charge in [0.15, 0.2) is 23.4 Å². The van der Waals surface area contributed by atoms with Crippen LogP contribution in [-0.4, -0.2) is 41.0 Å². The zero-order valence-electron chi connectivity index (χ0n) is 30.2. The third-order valence-electron chi connectivity index (χ3n) is 6.93. The second-order valence-electron chi connectivity index (χ2n) is 14.0. The molecule has 1 N–H and O–H groups in total. The number of aromatic nitrogens is 1. The summed E-state index contributed by atoms with van der Waals surface area (Å²) < 4.78 is 23.4. The van der Waals surface area contributed by atoms with Crippen LogP contribution in [0.3, 0.4) is 0 Å². The fourth-order valence-electron chi connectivity index (χ4n) is 4.95. The Morgan fingerprint density at radius 3 is 2.24 bits per heavy atom. The summed E-state index contributed by atoms with van der Waals surface area (Å²) >= 11 is 0. The summed E-state index contributed by atoms with van der Waals surface area (Å²) in [5, 5.41) is 5.97. The number of hydrogen-bond donors (Lipinski definition) is 1. The van der Waals surface area contributed by atoms with E-state index < -0.39 is 29.3 Å². The number of pyridine rings is 1. The Labute approximate surface area is 289 Å². The second-order valence-corrected chi connectivity index (χ2v) is 14.0. The van der Waals surface area contributed by atoms with Crippen molar-refractivity contribution < 1.29 is 33.4 Å². The average molecular weight is 672 g/mol. The van der Waals surface area contributed by atoms with Crippen molar-refractivity contribution in [1.82, 2.24) is 4.98 Å². The quantitative estimate of drug-likeness (QED) is 0.117. The first kappa shape index (κ1) is 37.0. The third-order valence-corrected chi connectivity index (χ3v) is 6.93. The van der Waals surface area contributed by atoms with Gasteiger partial charge in [-0.25, -0.2) is 14.6 Å². The smallest absolute Gasteiger partial charge is 0.440 e. The number of rotatable bonds is 12. The number of hydrogen-bond acceptors (Lipinski definition) is 9. The van der Waals surface area contributed by atoms with Crippen molar-refractivity contribution in [3.8, 4) is 11.5 Å². The number of benzene rings is 3. The van der Waals surface area contributed by atoms with Gasteiger partial charge in [0.2, 0.25) is 0 Å². The number of hydroxylamine groups is 1. The Morgan fingerprint density at radius 1 is 0.898 bits per heavy atom. The van der Waals surface area contributed by atoms with Crippen molar-refractivity contribution in [3.63, 3.8) is 0 Å². The first-order valence-electron chi connectivity index (χ1n) is 16.6. The number of nitrogens with zero attached hydrogens (tertiary/aromatic N) is 2. The van der Waals surface area contributed by atoms with Crippen LogP contribution in [0.2, 0.25) is 0 Å². The molecule has 4 rings (SSSR count). The molecule has 1 atom stereocenters. The predicted molar refractivity (Wildman–Crippen MR) is 192 cm³/mol. The van der Waals surface area contributed by atoms with Crippen molar-refractivity contribution in [3.05, 3.63) is 89.6 Å². The van der Waals surface area contributed by atoms with E-state index in [0.29, 0.717) is 34.7 Å². The maximum absolute atomic E-state index is 13.9. The number of aryl methyl sites for hydroxylation is 1. The summed E-state index contributed by atoms with van der Waals surface area (Å²) in [6.45, 7) is 19.2. The molecule has 0 saturated carbocycles. The van der Waals surface area contributed by atoms with Crippen molar-refractivity contribution in [2.75, 3.05) is 17.0 Å². The van der Waals surface area contributed by atoms with Crippen LogP contribution >= 0.6 is 0 Å². The fraction of sp³-hybridized carbons (Fsp3) is 0.410. The average Bonchev–Trinajstić information content (AvgIpc) is 3.01. The number of anilines is 2. The molecule has 4 aromatic rings. The Morgan fingerprint density at radius 2 is 1.61 bits per heavy atom. The number of nitrogens with one attached hydrogen (secondary N) is 1. The van der Waals surface area contributed by atoms with Crippen molar-refractivity contribution >= 4 is 34.3 Å². The van der Waals surface area contributed by atoms with Gasteiger partial charge in [0.1, 0.15) is 12.2 Å². The highest BCUT2D eigenvalue weighted by molar-refractivity contribution is 6.00. The van der Waals surface area contributed by atoms with Crippen molar-refractivity contribution in [2.24, 2.45) is 0 Å². The maximum atomic E-state index is 13.9. The van der Waals surface area contributed by atoms with Crippen molar-refractivity contribution in [2.45, 2.75) is 99.2 Å². The van der Waals surface area contributed by atoms with Gasteiger partial charge in [0, 0.05) is 17.3 Å². The lowest BCUT2D eigenvalue weighted by atomic mass is 10.0. The van der Waals surface area contributed by atoms with E-state index >= 15 is 0 Å². The molecule has 10 nitrogen and oxygen atoms in total. The molecule has 1 heterocycles. The third kappa shape index (κ3) is 10.3. The van der Waals surface area contributed by atoms with Gasteiger partial charge in [-0.05, 0) is 122 Å². The number of ether oxygens (including phenoxy) is 4. The Hall–Kier alpha value is -4.83. The van der Waals surface area contributed by atoms with Gasteiger partial charge in [-0.15, -0.1) is 5.06 Å². The molecule has 1 aromatic heterocycles. The van der Waals surface area contributed by atoms with Crippen LogP contribution in [0.5, 0.6) is 11.5 Å². The lowest BCUT2D eigenvalue weighted by molar-refractivity contribution is -0.146. The van der Waals surface area contributed by atoms with E-state index in [1.165, 1.54) is 0 Å². The van der Waals surface area contributed by atoms with Crippen LogP contribution in [-0.2, 0) is 25.7 Å². The van der Waals surface area contributed by atoms with E-state index in [2.05, 4.69) is 10.3 Å². The van der Waals surface area contributed by atoms with Gasteiger partial charge in [-0.1, -0.05) is 36.4 Å². The molecule has 0 bridgehead atoms. The molecule has 262 valence electrons. The summed E-state index contributed by atoms with van der Waals surface area (Å²) in [6.07, 6.45) is 0.862. The number of carbonyl (C=O) groups is 2. The summed E-state index contributed by atoms with van der Waals surface area (Å²) in [6, 6.07) is 19.7. The first-order valence-corrected chi connectivity index (χ1v) is 16.6. The fourth-order valence-corrected chi connectivity index (χ4v) is 4.95. The summed E-state index contributed by atoms with van der Waals surface area (Å²) in [7, 11) is 0. The molecule has 0 fully saturated rings. The van der Waals surface area contributed by atoms with Crippen LogP contribution in [0.15, 0.2) is 72.9 Å². The van der Waals surface area contributed by atoms with Gasteiger partial charge >= 0.3 is 12.1 Å². The molecular weight excluding hydrogens is 622 g/mol. The molecule has 0 aliphatic heterocycles. The summed E-state index contributed by atoms with van der Waals surface area (Å²) in [4.78, 5) is 37.9. The molecule has 0 aliphatic carbocycles. The van der Waals surface area contributed by atoms with E-state index in [-0.39, 0.29) is 18.5 Å². The molecule has 49 heavy (non-hydrogen) atoms. The van der Waals surface area contributed by atoms with Crippen LogP contribution in [0.4, 0.5) is 16.3 Å². The lowest BCUT2D eigenvalue weighted by Crippen LogP contribution is -2.42. The standard InChI is InChI=1S/C39H49N3O7/c1-11-45-33-23-29(17-18-32(33)47-25(2)3)34(36(43)46-24-27-15-13-12-14-16-27)41-31-22-28-19-20-40-35(30(28)21-26(31)4)42(49-39(8,9)10)37(44)48-38(5,6)7/h12-23,25,34,41H,11,24H2,1-10H3. The number of fused-ring (bicyclic) bond motifs is 1. The van der Waals surface area contributed by atoms with Crippen LogP contribution in [0.25, 0.3) is 10.8 Å². The Bertz CT molecular complexity index is 1740. The molecule has 0 saturated heterocycles. The van der Waals surface area contributed by atoms with Crippen molar-refractivity contribution in [1.29, 1.82) is 0 Å². The topological polar surface area (TPSA) is 108 Å². The Balaban J connectivity index is 1.76.